The molecule has 0 saturated heterocycles. The molecule has 2 rings (SSSR count). The Hall–Kier alpha value is -1.02. The number of nitrogens with one attached hydrogen (secondary N) is 1. The highest BCUT2D eigenvalue weighted by Crippen LogP contribution is 2.44. The zero-order valence-corrected chi connectivity index (χ0v) is 11.4. The number of rotatable bonds is 4. The second-order valence-corrected chi connectivity index (χ2v) is 6.63. The van der Waals surface area contributed by atoms with Gasteiger partial charge in [-0.3, -0.25) is 0 Å². The lowest BCUT2D eigenvalue weighted by atomic mass is 9.84. The molecule has 1 aromatic rings. The molecular weight excluding hydrogens is 208 g/mol. The molecule has 1 aliphatic rings. The molecule has 0 amide bonds. The number of anilines is 1. The fraction of sp³-hybridized carbons (Fsp3) is 0.600. The van der Waals surface area contributed by atoms with Crippen molar-refractivity contribution in [1.29, 1.82) is 0 Å². The van der Waals surface area contributed by atoms with Gasteiger partial charge >= 0.3 is 0 Å². The first-order valence-electron chi connectivity index (χ1n) is 6.41. The van der Waals surface area contributed by atoms with Gasteiger partial charge in [0.15, 0.2) is 0 Å². The van der Waals surface area contributed by atoms with Crippen LogP contribution >= 0.6 is 0 Å². The van der Waals surface area contributed by atoms with E-state index in [0.717, 1.165) is 12.2 Å². The van der Waals surface area contributed by atoms with Gasteiger partial charge in [-0.25, -0.2) is 0 Å². The van der Waals surface area contributed by atoms with Crippen LogP contribution in [0.4, 0.5) is 5.69 Å². The molecule has 0 heterocycles. The second-order valence-electron chi connectivity index (χ2n) is 6.63. The van der Waals surface area contributed by atoms with Crippen LogP contribution in [0.2, 0.25) is 0 Å². The van der Waals surface area contributed by atoms with Crippen molar-refractivity contribution in [2.45, 2.75) is 45.6 Å². The molecule has 3 N–H and O–H groups in total. The average molecular weight is 232 g/mol. The smallest absolute Gasteiger partial charge is 0.0314 e. The van der Waals surface area contributed by atoms with Gasteiger partial charge in [-0.1, -0.05) is 39.8 Å². The number of hydrogen-bond acceptors (Lipinski definition) is 2. The summed E-state index contributed by atoms with van der Waals surface area (Å²) in [4.78, 5) is 0. The summed E-state index contributed by atoms with van der Waals surface area (Å²) in [6, 6.07) is 8.93. The second kappa shape index (κ2) is 4.02. The van der Waals surface area contributed by atoms with Crippen molar-refractivity contribution in [3.8, 4) is 0 Å². The van der Waals surface area contributed by atoms with Crippen LogP contribution in [0, 0.1) is 5.41 Å². The van der Waals surface area contributed by atoms with E-state index >= 15 is 0 Å². The third-order valence-electron chi connectivity index (χ3n) is 4.00. The Morgan fingerprint density at radius 2 is 1.82 bits per heavy atom. The Morgan fingerprint density at radius 1 is 1.29 bits per heavy atom. The van der Waals surface area contributed by atoms with Gasteiger partial charge < -0.3 is 11.1 Å². The van der Waals surface area contributed by atoms with E-state index in [2.05, 4.69) is 45.1 Å². The Balaban J connectivity index is 1.96. The van der Waals surface area contributed by atoms with Crippen molar-refractivity contribution in [2.24, 2.45) is 5.41 Å². The monoisotopic (exact) mass is 232 g/mol. The Labute approximate surface area is 105 Å². The first kappa shape index (κ1) is 12.4. The van der Waals surface area contributed by atoms with E-state index in [9.17, 15) is 0 Å². The lowest BCUT2D eigenvalue weighted by molar-refractivity contribution is 0.441. The Morgan fingerprint density at radius 3 is 2.29 bits per heavy atom. The Bertz CT molecular complexity index is 390. The fourth-order valence-corrected chi connectivity index (χ4v) is 2.23. The molecule has 2 heteroatoms. The van der Waals surface area contributed by atoms with E-state index in [1.165, 1.54) is 12.0 Å². The highest BCUT2D eigenvalue weighted by molar-refractivity contribution is 5.41. The standard InChI is InChI=1S/C15H24N2/c1-14(2)9-13(14)17-10-15(3,4)11-5-7-12(16)8-6-11/h5-8,13,17H,9-10,16H2,1-4H3. The summed E-state index contributed by atoms with van der Waals surface area (Å²) in [6.07, 6.45) is 1.30. The van der Waals surface area contributed by atoms with Gasteiger partial charge in [0, 0.05) is 23.7 Å². The van der Waals surface area contributed by atoms with E-state index in [4.69, 9.17) is 5.73 Å². The van der Waals surface area contributed by atoms with Crippen molar-refractivity contribution >= 4 is 5.69 Å². The molecule has 0 radical (unpaired) electrons. The van der Waals surface area contributed by atoms with Crippen LogP contribution in [-0.4, -0.2) is 12.6 Å². The zero-order valence-electron chi connectivity index (χ0n) is 11.4. The molecule has 1 atom stereocenters. The highest BCUT2D eigenvalue weighted by atomic mass is 15.0. The van der Waals surface area contributed by atoms with E-state index < -0.39 is 0 Å². The van der Waals surface area contributed by atoms with E-state index in [1.807, 2.05) is 12.1 Å². The highest BCUT2D eigenvalue weighted by Gasteiger charge is 2.45. The van der Waals surface area contributed by atoms with Crippen molar-refractivity contribution in [1.82, 2.24) is 5.32 Å². The van der Waals surface area contributed by atoms with Gasteiger partial charge in [-0.15, -0.1) is 0 Å². The van der Waals surface area contributed by atoms with Gasteiger partial charge in [0.2, 0.25) is 0 Å². The fourth-order valence-electron chi connectivity index (χ4n) is 2.23. The lowest BCUT2D eigenvalue weighted by Crippen LogP contribution is -2.35. The van der Waals surface area contributed by atoms with Crippen molar-refractivity contribution < 1.29 is 0 Å². The van der Waals surface area contributed by atoms with Crippen LogP contribution < -0.4 is 11.1 Å². The number of nitrogens with two attached hydrogens (primary N) is 1. The minimum Gasteiger partial charge on any atom is -0.399 e. The minimum atomic E-state index is 0.159. The van der Waals surface area contributed by atoms with Crippen LogP contribution in [0.3, 0.4) is 0 Å². The molecule has 0 spiro atoms. The summed E-state index contributed by atoms with van der Waals surface area (Å²) in [5.74, 6) is 0. The first-order valence-corrected chi connectivity index (χ1v) is 6.41. The largest absolute Gasteiger partial charge is 0.399 e. The van der Waals surface area contributed by atoms with Gasteiger partial charge in [0.25, 0.3) is 0 Å². The molecule has 1 fully saturated rings. The van der Waals surface area contributed by atoms with Crippen LogP contribution in [0.25, 0.3) is 0 Å². The summed E-state index contributed by atoms with van der Waals surface area (Å²) < 4.78 is 0. The first-order chi connectivity index (χ1) is 7.81. The molecule has 1 unspecified atom stereocenters. The maximum atomic E-state index is 5.72. The molecule has 0 aliphatic heterocycles. The van der Waals surface area contributed by atoms with Gasteiger partial charge in [-0.2, -0.15) is 0 Å². The molecule has 1 saturated carbocycles. The average Bonchev–Trinajstić information content (AvgIpc) is 2.85. The molecule has 0 bridgehead atoms. The summed E-state index contributed by atoms with van der Waals surface area (Å²) in [5.41, 5.74) is 8.56. The lowest BCUT2D eigenvalue weighted by Gasteiger charge is -2.26. The Kier molecular flexibility index (Phi) is 2.94. The van der Waals surface area contributed by atoms with Crippen LogP contribution in [-0.2, 0) is 5.41 Å². The summed E-state index contributed by atoms with van der Waals surface area (Å²) in [5, 5.41) is 3.67. The number of nitrogen functional groups attached to an aromatic ring is 1. The molecule has 0 aromatic heterocycles. The van der Waals surface area contributed by atoms with Gasteiger partial charge in [0.05, 0.1) is 0 Å². The van der Waals surface area contributed by atoms with Crippen LogP contribution in [0.1, 0.15) is 39.7 Å². The number of hydrogen-bond donors (Lipinski definition) is 2. The summed E-state index contributed by atoms with van der Waals surface area (Å²) >= 11 is 0. The maximum Gasteiger partial charge on any atom is 0.0314 e. The normalized spacial score (nSPS) is 22.5. The van der Waals surface area contributed by atoms with E-state index in [0.29, 0.717) is 11.5 Å². The number of benzene rings is 1. The van der Waals surface area contributed by atoms with E-state index in [-0.39, 0.29) is 5.41 Å². The molecular formula is C15H24N2. The van der Waals surface area contributed by atoms with Gasteiger partial charge in [0.1, 0.15) is 0 Å². The van der Waals surface area contributed by atoms with Gasteiger partial charge in [-0.05, 0) is 29.5 Å². The molecule has 17 heavy (non-hydrogen) atoms. The van der Waals surface area contributed by atoms with Crippen molar-refractivity contribution in [3.05, 3.63) is 29.8 Å². The predicted octanol–water partition coefficient (Wildman–Crippen LogP) is 2.93. The molecule has 2 nitrogen and oxygen atoms in total. The van der Waals surface area contributed by atoms with Crippen molar-refractivity contribution in [3.63, 3.8) is 0 Å². The van der Waals surface area contributed by atoms with Crippen molar-refractivity contribution in [2.75, 3.05) is 12.3 Å². The topological polar surface area (TPSA) is 38.0 Å². The summed E-state index contributed by atoms with van der Waals surface area (Å²) in [6.45, 7) is 10.2. The maximum absolute atomic E-state index is 5.72. The molecule has 1 aromatic carbocycles. The van der Waals surface area contributed by atoms with Crippen LogP contribution in [0.5, 0.6) is 0 Å². The third kappa shape index (κ3) is 2.81. The quantitative estimate of drug-likeness (QED) is 0.783. The predicted molar refractivity (Wildman–Crippen MR) is 74.1 cm³/mol. The minimum absolute atomic E-state index is 0.159. The van der Waals surface area contributed by atoms with E-state index in [1.54, 1.807) is 0 Å². The summed E-state index contributed by atoms with van der Waals surface area (Å²) in [7, 11) is 0. The van der Waals surface area contributed by atoms with Crippen LogP contribution in [0.15, 0.2) is 24.3 Å². The molecule has 1 aliphatic carbocycles. The zero-order chi connectivity index (χ0) is 12.7. The molecule has 94 valence electrons. The SMILES string of the molecule is CC(C)(CNC1CC1(C)C)c1ccc(N)cc1. The third-order valence-corrected chi connectivity index (χ3v) is 4.00.